The summed E-state index contributed by atoms with van der Waals surface area (Å²) in [6.07, 6.45) is 0. The van der Waals surface area contributed by atoms with Gasteiger partial charge in [-0.05, 0) is 24.6 Å². The molecule has 0 aliphatic carbocycles. The molecule has 0 fully saturated rings. The summed E-state index contributed by atoms with van der Waals surface area (Å²) < 4.78 is 26.2. The van der Waals surface area contributed by atoms with Crippen LogP contribution in [0.4, 0.5) is 0 Å². The topological polar surface area (TPSA) is 83.7 Å². The van der Waals surface area contributed by atoms with E-state index in [-0.39, 0.29) is 29.9 Å². The van der Waals surface area contributed by atoms with E-state index < -0.39 is 10.0 Å². The monoisotopic (exact) mass is 313 g/mol. The number of carbonyl (C=O) groups is 1. The van der Waals surface area contributed by atoms with Crippen LogP contribution in [0.1, 0.15) is 25.5 Å². The van der Waals surface area contributed by atoms with Crippen molar-refractivity contribution < 1.29 is 13.2 Å². The molecule has 0 bridgehead atoms. The zero-order valence-electron chi connectivity index (χ0n) is 12.9. The molecule has 0 radical (unpaired) electrons. The molecule has 21 heavy (non-hydrogen) atoms. The van der Waals surface area contributed by atoms with Crippen molar-refractivity contribution >= 4 is 15.9 Å². The fourth-order valence-electron chi connectivity index (χ4n) is 1.75. The molecule has 0 aliphatic heterocycles. The van der Waals surface area contributed by atoms with Gasteiger partial charge >= 0.3 is 0 Å². The summed E-state index contributed by atoms with van der Waals surface area (Å²) in [6.45, 7) is 3.60. The third-order valence-corrected chi connectivity index (χ3v) is 5.14. The van der Waals surface area contributed by atoms with Gasteiger partial charge in [-0.25, -0.2) is 8.42 Å². The lowest BCUT2D eigenvalue weighted by atomic mass is 10.1. The van der Waals surface area contributed by atoms with Crippen LogP contribution in [0.25, 0.3) is 0 Å². The molecule has 1 rings (SSSR count). The maximum atomic E-state index is 12.5. The van der Waals surface area contributed by atoms with E-state index in [1.807, 2.05) is 6.92 Å². The summed E-state index contributed by atoms with van der Waals surface area (Å²) in [5.41, 5.74) is 6.61. The summed E-state index contributed by atoms with van der Waals surface area (Å²) in [6, 6.07) is 6.28. The number of carbonyl (C=O) groups excluding carboxylic acids is 1. The summed E-state index contributed by atoms with van der Waals surface area (Å²) in [5, 5.41) is 0. The normalized spacial score (nSPS) is 13.2. The Balaban J connectivity index is 3.04. The third-order valence-electron chi connectivity index (χ3n) is 3.21. The third kappa shape index (κ3) is 4.26. The van der Waals surface area contributed by atoms with E-state index in [2.05, 4.69) is 0 Å². The van der Waals surface area contributed by atoms with Gasteiger partial charge in [0.25, 0.3) is 0 Å². The quantitative estimate of drug-likeness (QED) is 0.842. The highest BCUT2D eigenvalue weighted by Gasteiger charge is 2.25. The first-order valence-electron chi connectivity index (χ1n) is 6.76. The number of benzene rings is 1. The molecule has 118 valence electrons. The van der Waals surface area contributed by atoms with Gasteiger partial charge in [0.05, 0.1) is 11.4 Å². The SMILES string of the molecule is CCN(CC(=O)N(C)C)S(=O)(=O)c1ccc(C(C)N)cc1. The molecule has 7 heteroatoms. The second-order valence-corrected chi connectivity index (χ2v) is 7.02. The van der Waals surface area contributed by atoms with Crippen molar-refractivity contribution in [2.75, 3.05) is 27.2 Å². The summed E-state index contributed by atoms with van der Waals surface area (Å²) in [5.74, 6) is -0.257. The Morgan fingerprint density at radius 2 is 1.76 bits per heavy atom. The first-order valence-corrected chi connectivity index (χ1v) is 8.20. The van der Waals surface area contributed by atoms with Gasteiger partial charge in [0.1, 0.15) is 0 Å². The standard InChI is InChI=1S/C14H23N3O3S/c1-5-17(10-14(18)16(3)4)21(19,20)13-8-6-12(7-9-13)11(2)15/h6-9,11H,5,10,15H2,1-4H3. The highest BCUT2D eigenvalue weighted by atomic mass is 32.2. The van der Waals surface area contributed by atoms with Gasteiger partial charge in [0.2, 0.25) is 15.9 Å². The van der Waals surface area contributed by atoms with Crippen LogP contribution in [0.15, 0.2) is 29.2 Å². The average Bonchev–Trinajstić information content (AvgIpc) is 2.44. The van der Waals surface area contributed by atoms with Crippen molar-refractivity contribution in [1.29, 1.82) is 0 Å². The van der Waals surface area contributed by atoms with Crippen molar-refractivity contribution in [3.63, 3.8) is 0 Å². The number of rotatable bonds is 6. The lowest BCUT2D eigenvalue weighted by molar-refractivity contribution is -0.128. The number of amides is 1. The van der Waals surface area contributed by atoms with Crippen LogP contribution in [0.2, 0.25) is 0 Å². The number of nitrogens with two attached hydrogens (primary N) is 1. The second kappa shape index (κ2) is 7.02. The number of hydrogen-bond donors (Lipinski definition) is 1. The maximum absolute atomic E-state index is 12.5. The van der Waals surface area contributed by atoms with Gasteiger partial charge < -0.3 is 10.6 Å². The fraction of sp³-hybridized carbons (Fsp3) is 0.500. The Morgan fingerprint density at radius 3 is 2.14 bits per heavy atom. The first kappa shape index (κ1) is 17.6. The molecule has 0 heterocycles. The second-order valence-electron chi connectivity index (χ2n) is 5.08. The fourth-order valence-corrected chi connectivity index (χ4v) is 3.15. The molecule has 2 N–H and O–H groups in total. The smallest absolute Gasteiger partial charge is 0.243 e. The number of likely N-dealkylation sites (N-methyl/N-ethyl adjacent to an activating group) is 2. The van der Waals surface area contributed by atoms with Crippen LogP contribution in [-0.4, -0.2) is 50.7 Å². The Kier molecular flexibility index (Phi) is 5.88. The molecule has 1 amide bonds. The minimum atomic E-state index is -3.68. The average molecular weight is 313 g/mol. The highest BCUT2D eigenvalue weighted by Crippen LogP contribution is 2.18. The van der Waals surface area contributed by atoms with Crippen molar-refractivity contribution in [3.8, 4) is 0 Å². The predicted molar refractivity (Wildman–Crippen MR) is 82.2 cm³/mol. The molecule has 0 aromatic heterocycles. The summed E-state index contributed by atoms with van der Waals surface area (Å²) in [7, 11) is -0.482. The van der Waals surface area contributed by atoms with Crippen LogP contribution in [-0.2, 0) is 14.8 Å². The van der Waals surface area contributed by atoms with Gasteiger partial charge in [0.15, 0.2) is 0 Å². The highest BCUT2D eigenvalue weighted by molar-refractivity contribution is 7.89. The van der Waals surface area contributed by atoms with E-state index in [4.69, 9.17) is 5.73 Å². The van der Waals surface area contributed by atoms with E-state index in [1.54, 1.807) is 33.2 Å². The van der Waals surface area contributed by atoms with Gasteiger partial charge in [-0.1, -0.05) is 19.1 Å². The molecular weight excluding hydrogens is 290 g/mol. The predicted octanol–water partition coefficient (Wildman–Crippen LogP) is 0.805. The van der Waals surface area contributed by atoms with E-state index in [0.717, 1.165) is 9.87 Å². The van der Waals surface area contributed by atoms with E-state index in [9.17, 15) is 13.2 Å². The Bertz CT molecular complexity index is 580. The van der Waals surface area contributed by atoms with Crippen LogP contribution < -0.4 is 5.73 Å². The molecule has 0 saturated carbocycles. The lowest BCUT2D eigenvalue weighted by Crippen LogP contribution is -2.40. The molecule has 1 aromatic carbocycles. The van der Waals surface area contributed by atoms with Crippen LogP contribution in [0.5, 0.6) is 0 Å². The molecule has 6 nitrogen and oxygen atoms in total. The number of hydrogen-bond acceptors (Lipinski definition) is 4. The Labute approximate surface area is 126 Å². The lowest BCUT2D eigenvalue weighted by Gasteiger charge is -2.22. The van der Waals surface area contributed by atoms with Gasteiger partial charge in [0, 0.05) is 26.7 Å². The Hall–Kier alpha value is -1.44. The maximum Gasteiger partial charge on any atom is 0.243 e. The first-order chi connectivity index (χ1) is 9.70. The summed E-state index contributed by atoms with van der Waals surface area (Å²) >= 11 is 0. The van der Waals surface area contributed by atoms with E-state index >= 15 is 0 Å². The molecule has 1 aromatic rings. The molecule has 1 unspecified atom stereocenters. The molecular formula is C14H23N3O3S. The number of sulfonamides is 1. The van der Waals surface area contributed by atoms with Crippen LogP contribution in [0, 0.1) is 0 Å². The minimum absolute atomic E-state index is 0.153. The van der Waals surface area contributed by atoms with Crippen molar-refractivity contribution in [2.24, 2.45) is 5.73 Å². The van der Waals surface area contributed by atoms with Crippen molar-refractivity contribution in [1.82, 2.24) is 9.21 Å². The van der Waals surface area contributed by atoms with Gasteiger partial charge in [-0.2, -0.15) is 4.31 Å². The summed E-state index contributed by atoms with van der Waals surface area (Å²) in [4.78, 5) is 13.3. The largest absolute Gasteiger partial charge is 0.348 e. The van der Waals surface area contributed by atoms with Crippen molar-refractivity contribution in [2.45, 2.75) is 24.8 Å². The molecule has 0 saturated heterocycles. The Morgan fingerprint density at radius 1 is 1.24 bits per heavy atom. The zero-order chi connectivity index (χ0) is 16.2. The van der Waals surface area contributed by atoms with Gasteiger partial charge in [-0.3, -0.25) is 4.79 Å². The number of nitrogens with zero attached hydrogens (tertiary/aromatic N) is 2. The zero-order valence-corrected chi connectivity index (χ0v) is 13.7. The van der Waals surface area contributed by atoms with Crippen LogP contribution >= 0.6 is 0 Å². The van der Waals surface area contributed by atoms with Crippen molar-refractivity contribution in [3.05, 3.63) is 29.8 Å². The minimum Gasteiger partial charge on any atom is -0.348 e. The molecule has 0 spiro atoms. The van der Waals surface area contributed by atoms with Crippen LogP contribution in [0.3, 0.4) is 0 Å². The molecule has 1 atom stereocenters. The van der Waals surface area contributed by atoms with Gasteiger partial charge in [-0.15, -0.1) is 0 Å². The van der Waals surface area contributed by atoms with E-state index in [1.165, 1.54) is 17.0 Å². The molecule has 0 aliphatic rings. The van der Waals surface area contributed by atoms with E-state index in [0.29, 0.717) is 0 Å².